The number of rotatable bonds is 10. The third-order valence-electron chi connectivity index (χ3n) is 17.1. The van der Waals surface area contributed by atoms with Crippen LogP contribution in [0.2, 0.25) is 0 Å². The van der Waals surface area contributed by atoms with Crippen LogP contribution < -0.4 is 47.2 Å². The van der Waals surface area contributed by atoms with Crippen LogP contribution in [0.1, 0.15) is 209 Å². The number of Topliss-reactive ketones (excluding diaryl/α,β-unsaturated/α-hetero) is 1. The molecule has 0 aliphatic heterocycles. The van der Waals surface area contributed by atoms with Gasteiger partial charge in [-0.2, -0.15) is 27.3 Å². The van der Waals surface area contributed by atoms with Gasteiger partial charge in [-0.15, -0.1) is 11.6 Å². The molecule has 3 nitrogen and oxygen atoms in total. The molecule has 0 aromatic heterocycles. The largest absolute Gasteiger partial charge is 1.00 e. The quantitative estimate of drug-likeness (QED) is 0.0902. The summed E-state index contributed by atoms with van der Waals surface area (Å²) in [5, 5.41) is 0. The monoisotopic (exact) mass is 1110 g/mol. The molecular weight excluding hydrogens is 1020 g/mol. The summed E-state index contributed by atoms with van der Waals surface area (Å²) in [6.07, 6.45) is 32.5. The van der Waals surface area contributed by atoms with Crippen molar-refractivity contribution in [1.29, 1.82) is 0 Å². The van der Waals surface area contributed by atoms with Gasteiger partial charge in [0, 0.05) is 30.0 Å². The zero-order chi connectivity index (χ0) is 56.6. The Balaban J connectivity index is 0.000000269. The Morgan fingerprint density at radius 1 is 0.512 bits per heavy atom. The van der Waals surface area contributed by atoms with Gasteiger partial charge in [0.25, 0.3) is 0 Å². The van der Waals surface area contributed by atoms with E-state index in [0.717, 1.165) is 98.5 Å². The Labute approximate surface area is 499 Å². The number of aryl methyl sites for hydroxylation is 2. The molecule has 6 aliphatic rings. The molecule has 0 heterocycles. The fraction of sp³-hybridized carbons (Fsp3) is 0.582. The van der Waals surface area contributed by atoms with Crippen molar-refractivity contribution in [2.24, 2.45) is 35.5 Å². The number of hydrogen-bond acceptors (Lipinski definition) is 3. The smallest absolute Gasteiger partial charge is 0.491 e. The van der Waals surface area contributed by atoms with Gasteiger partial charge in [0.15, 0.2) is 34.8 Å². The average molecular weight is 1110 g/mol. The number of unbranched alkanes of at least 4 members (excludes halogenated alkanes) is 1. The van der Waals surface area contributed by atoms with Crippen LogP contribution in [0.15, 0.2) is 60.7 Å². The number of allylic oxidation sites excluding steroid dienone is 2. The Bertz CT molecular complexity index is 2360. The molecule has 5 fully saturated rings. The van der Waals surface area contributed by atoms with Crippen LogP contribution in [0.5, 0.6) is 11.5 Å². The van der Waals surface area contributed by atoms with E-state index in [1.54, 1.807) is 38.1 Å². The molecule has 432 valence electrons. The van der Waals surface area contributed by atoms with E-state index >= 15 is 0 Å². The molecule has 1 atom stereocenters. The van der Waals surface area contributed by atoms with E-state index in [1.165, 1.54) is 147 Å². The van der Waals surface area contributed by atoms with Gasteiger partial charge >= 0.3 is 37.7 Å². The summed E-state index contributed by atoms with van der Waals surface area (Å²) < 4.78 is 116. The molecule has 1 unspecified atom stereocenters. The minimum Gasteiger partial charge on any atom is -0.491 e. The maximum atomic E-state index is 14.3. The predicted molar refractivity (Wildman–Crippen MR) is 299 cm³/mol. The Morgan fingerprint density at radius 2 is 0.975 bits per heavy atom. The first-order valence-electron chi connectivity index (χ1n) is 29.6. The van der Waals surface area contributed by atoms with E-state index in [1.807, 2.05) is 0 Å². The molecular formula is C67H88F8Li2O3. The van der Waals surface area contributed by atoms with Crippen molar-refractivity contribution in [3.05, 3.63) is 142 Å². The second kappa shape index (κ2) is 37.7. The summed E-state index contributed by atoms with van der Waals surface area (Å²) in [6.45, 7) is 13.0. The molecule has 13 heteroatoms. The Kier molecular flexibility index (Phi) is 33.3. The number of carbonyl (C=O) groups excluding carboxylic acids is 1. The molecule has 0 spiro atoms. The summed E-state index contributed by atoms with van der Waals surface area (Å²) in [4.78, 5) is 11.0. The van der Waals surface area contributed by atoms with Crippen LogP contribution in [0.25, 0.3) is 5.57 Å². The molecule has 4 aromatic carbocycles. The second-order valence-electron chi connectivity index (χ2n) is 22.3. The maximum absolute atomic E-state index is 14.3. The van der Waals surface area contributed by atoms with E-state index in [0.29, 0.717) is 41.3 Å². The number of hydrogen-bond donors (Lipinski definition) is 0. The second-order valence-corrected chi connectivity index (χ2v) is 22.3. The third kappa shape index (κ3) is 21.6. The van der Waals surface area contributed by atoms with Crippen molar-refractivity contribution in [1.82, 2.24) is 0 Å². The summed E-state index contributed by atoms with van der Waals surface area (Å²) in [7, 11) is 0. The zero-order valence-corrected chi connectivity index (χ0v) is 49.4. The molecule has 5 saturated carbocycles. The van der Waals surface area contributed by atoms with Gasteiger partial charge in [0.1, 0.15) is 5.78 Å². The number of carbonyl (C=O) groups is 1. The average Bonchev–Trinajstić information content (AvgIpc) is 4.31. The van der Waals surface area contributed by atoms with Crippen molar-refractivity contribution in [3.63, 3.8) is 0 Å². The minimum atomic E-state index is -0.907. The van der Waals surface area contributed by atoms with Crippen molar-refractivity contribution < 1.29 is 87.1 Å². The molecule has 0 N–H and O–H groups in total. The van der Waals surface area contributed by atoms with Gasteiger partial charge in [-0.1, -0.05) is 122 Å². The van der Waals surface area contributed by atoms with Gasteiger partial charge in [-0.05, 0) is 161 Å². The van der Waals surface area contributed by atoms with E-state index in [-0.39, 0.29) is 55.1 Å². The van der Waals surface area contributed by atoms with E-state index in [9.17, 15) is 39.9 Å². The third-order valence-corrected chi connectivity index (χ3v) is 17.1. The fourth-order valence-electron chi connectivity index (χ4n) is 12.5. The summed E-state index contributed by atoms with van der Waals surface area (Å²) >= 11 is 0. The molecule has 6 aliphatic carbocycles. The van der Waals surface area contributed by atoms with Gasteiger partial charge in [0.2, 0.25) is 11.6 Å². The topological polar surface area (TPSA) is 35.5 Å². The molecule has 10 rings (SSSR count). The van der Waals surface area contributed by atoms with Crippen LogP contribution in [0.3, 0.4) is 0 Å². The Hall–Kier alpha value is -3.48. The molecule has 0 saturated heterocycles. The SMILES string of the molecule is CCOc1ccc(C2=CCC(C3CCCC3)CC2)c(F)c1F.CCOc1ccc(C2CCC(C3CCCC3)CC2)c(F)c1F.Cc1cc[c-]c(F)c1F.Cc1cccc(F)c1F.O=C1CCC(C2CCCC2)CC1.[CH2-]CCC.[Li+].[Li+]. The van der Waals surface area contributed by atoms with Gasteiger partial charge in [0.05, 0.1) is 13.2 Å². The molecule has 0 bridgehead atoms. The predicted octanol–water partition coefficient (Wildman–Crippen LogP) is 14.5. The first-order chi connectivity index (χ1) is 37.6. The van der Waals surface area contributed by atoms with Crippen LogP contribution in [0.4, 0.5) is 35.1 Å². The maximum Gasteiger partial charge on any atom is 1.00 e. The summed E-state index contributed by atoms with van der Waals surface area (Å²) in [5.74, 6) is -0.510. The van der Waals surface area contributed by atoms with Crippen LogP contribution in [-0.4, -0.2) is 19.0 Å². The number of ketones is 1. The van der Waals surface area contributed by atoms with Crippen molar-refractivity contribution in [2.45, 2.75) is 201 Å². The molecule has 80 heavy (non-hydrogen) atoms. The first kappa shape index (κ1) is 70.8. The van der Waals surface area contributed by atoms with Gasteiger partial charge in [-0.3, -0.25) is 9.18 Å². The van der Waals surface area contributed by atoms with Crippen LogP contribution >= 0.6 is 0 Å². The van der Waals surface area contributed by atoms with Gasteiger partial charge < -0.3 is 16.4 Å². The van der Waals surface area contributed by atoms with Crippen molar-refractivity contribution >= 4 is 11.4 Å². The van der Waals surface area contributed by atoms with E-state index in [2.05, 4.69) is 26.0 Å². The zero-order valence-electron chi connectivity index (χ0n) is 49.4. The first-order valence-corrected chi connectivity index (χ1v) is 29.6. The summed E-state index contributed by atoms with van der Waals surface area (Å²) in [5.41, 5.74) is 2.56. The fourth-order valence-corrected chi connectivity index (χ4v) is 12.5. The standard InChI is InChI=1S/C19H26F2O.C19H24F2O.C11H18O.C7H6F2.C7H5F2.C4H9.2Li/c2*1-2-22-17-12-11-16(18(20)19(17)21)15-9-7-14(8-10-15)13-5-3-4-6-13;12-11-7-5-10(6-8-11)9-3-1-2-4-9;2*1-5-3-2-4-6(8)7(5)9;1-3-4-2;;/h11-15H,2-10H2,1H3;9,11-14H,2-8,10H2,1H3;9-10H,1-8H2;2-4H,1H3;2-3H,1H3;1,3-4H2,2H3;;/q;;;;2*-1;2*+1. The summed E-state index contributed by atoms with van der Waals surface area (Å²) in [6, 6.07) is 15.5. The van der Waals surface area contributed by atoms with Crippen molar-refractivity contribution in [3.8, 4) is 11.5 Å². The van der Waals surface area contributed by atoms with Crippen LogP contribution in [-0.2, 0) is 4.79 Å². The van der Waals surface area contributed by atoms with E-state index < -0.39 is 46.5 Å². The minimum absolute atomic E-state index is 0. The normalized spacial score (nSPS) is 20.2. The Morgan fingerprint density at radius 3 is 1.43 bits per heavy atom. The number of halogens is 8. The van der Waals surface area contributed by atoms with E-state index in [4.69, 9.17) is 9.47 Å². The van der Waals surface area contributed by atoms with Crippen LogP contribution in [0, 0.1) is 109 Å². The molecule has 0 amide bonds. The molecule has 0 radical (unpaired) electrons. The van der Waals surface area contributed by atoms with Crippen molar-refractivity contribution in [2.75, 3.05) is 13.2 Å². The molecule has 4 aromatic rings. The number of ether oxygens (including phenoxy) is 2. The van der Waals surface area contributed by atoms with Gasteiger partial charge in [-0.25, -0.2) is 22.0 Å². The number of benzene rings is 4.